The van der Waals surface area contributed by atoms with E-state index >= 15 is 0 Å². The number of amides is 2. The molecule has 2 N–H and O–H groups in total. The Hall–Kier alpha value is -3.35. The molecule has 2 aromatic carbocycles. The molecular weight excluding hydrogens is 310 g/mol. The van der Waals surface area contributed by atoms with Gasteiger partial charge in [-0.2, -0.15) is 5.10 Å². The molecule has 0 saturated heterocycles. The number of carbonyl (C=O) groups excluding carboxylic acids is 2. The van der Waals surface area contributed by atoms with E-state index in [2.05, 4.69) is 15.8 Å². The Kier molecular flexibility index (Phi) is 5.90. The summed E-state index contributed by atoms with van der Waals surface area (Å²) in [6, 6.07) is 13.8. The number of hydrogen-bond donors (Lipinski definition) is 2. The Balaban J connectivity index is 1.91. The van der Waals surface area contributed by atoms with E-state index in [1.54, 1.807) is 43.5 Å². The Morgan fingerprint density at radius 2 is 1.67 bits per heavy atom. The molecule has 0 radical (unpaired) electrons. The maximum Gasteiger partial charge on any atom is 0.329 e. The van der Waals surface area contributed by atoms with Crippen LogP contribution >= 0.6 is 0 Å². The van der Waals surface area contributed by atoms with Gasteiger partial charge in [0.15, 0.2) is 0 Å². The summed E-state index contributed by atoms with van der Waals surface area (Å²) in [5.74, 6) is -0.439. The molecule has 7 nitrogen and oxygen atoms in total. The number of benzene rings is 2. The summed E-state index contributed by atoms with van der Waals surface area (Å²) in [7, 11) is 3.08. The molecule has 0 fully saturated rings. The maximum absolute atomic E-state index is 11.8. The standard InChI is InChI=1S/C17H17N3O4/c1-23-14-9-7-13(8-10-14)19-16(21)17(22)20-18-11-12-5-3-4-6-15(12)24-2/h3-11H,1-2H3,(H,19,21)(H,20,22)/b18-11-. The summed E-state index contributed by atoms with van der Waals surface area (Å²) >= 11 is 0. The first-order valence-electron chi connectivity index (χ1n) is 7.05. The highest BCUT2D eigenvalue weighted by Gasteiger charge is 2.12. The summed E-state index contributed by atoms with van der Waals surface area (Å²) in [4.78, 5) is 23.5. The van der Waals surface area contributed by atoms with E-state index in [9.17, 15) is 9.59 Å². The number of rotatable bonds is 5. The number of anilines is 1. The summed E-state index contributed by atoms with van der Waals surface area (Å²) < 4.78 is 10.2. The van der Waals surface area contributed by atoms with Crippen molar-refractivity contribution in [3.8, 4) is 11.5 Å². The second-order valence-electron chi connectivity index (χ2n) is 4.62. The summed E-state index contributed by atoms with van der Waals surface area (Å²) in [5.41, 5.74) is 3.32. The van der Waals surface area contributed by atoms with Crippen LogP contribution < -0.4 is 20.2 Å². The molecule has 0 spiro atoms. The van der Waals surface area contributed by atoms with E-state index < -0.39 is 11.8 Å². The van der Waals surface area contributed by atoms with Crippen molar-refractivity contribution in [3.05, 3.63) is 54.1 Å². The first-order chi connectivity index (χ1) is 11.6. The average Bonchev–Trinajstić information content (AvgIpc) is 2.62. The van der Waals surface area contributed by atoms with Crippen molar-refractivity contribution in [2.24, 2.45) is 5.10 Å². The average molecular weight is 327 g/mol. The van der Waals surface area contributed by atoms with Gasteiger partial charge in [-0.3, -0.25) is 9.59 Å². The van der Waals surface area contributed by atoms with Crippen LogP contribution in [0.5, 0.6) is 11.5 Å². The molecule has 0 aliphatic carbocycles. The number of hydrogen-bond acceptors (Lipinski definition) is 5. The molecule has 0 saturated carbocycles. The number of methoxy groups -OCH3 is 2. The molecule has 2 amide bonds. The zero-order valence-corrected chi connectivity index (χ0v) is 13.3. The monoisotopic (exact) mass is 327 g/mol. The predicted molar refractivity (Wildman–Crippen MR) is 90.4 cm³/mol. The summed E-state index contributed by atoms with van der Waals surface area (Å²) in [6.45, 7) is 0. The molecule has 0 atom stereocenters. The molecule has 124 valence electrons. The predicted octanol–water partition coefficient (Wildman–Crippen LogP) is 1.79. The van der Waals surface area contributed by atoms with Gasteiger partial charge in [0.1, 0.15) is 11.5 Å². The lowest BCUT2D eigenvalue weighted by Gasteiger charge is -2.05. The highest BCUT2D eigenvalue weighted by atomic mass is 16.5. The highest BCUT2D eigenvalue weighted by molar-refractivity contribution is 6.39. The topological polar surface area (TPSA) is 89.0 Å². The first-order valence-corrected chi connectivity index (χ1v) is 7.05. The first kappa shape index (κ1) is 17.0. The number of nitrogens with zero attached hydrogens (tertiary/aromatic N) is 1. The van der Waals surface area contributed by atoms with Gasteiger partial charge in [-0.25, -0.2) is 5.43 Å². The van der Waals surface area contributed by atoms with Gasteiger partial charge < -0.3 is 14.8 Å². The van der Waals surface area contributed by atoms with Gasteiger partial charge in [0, 0.05) is 11.3 Å². The van der Waals surface area contributed by atoms with Gasteiger partial charge >= 0.3 is 11.8 Å². The van der Waals surface area contributed by atoms with Crippen molar-refractivity contribution in [2.75, 3.05) is 19.5 Å². The van der Waals surface area contributed by atoms with Crippen LogP contribution in [-0.2, 0) is 9.59 Å². The van der Waals surface area contributed by atoms with Crippen LogP contribution in [0.2, 0.25) is 0 Å². The Morgan fingerprint density at radius 1 is 0.958 bits per heavy atom. The quantitative estimate of drug-likeness (QED) is 0.498. The Labute approximate surface area is 139 Å². The minimum absolute atomic E-state index is 0.477. The fraction of sp³-hybridized carbons (Fsp3) is 0.118. The summed E-state index contributed by atoms with van der Waals surface area (Å²) in [5, 5.41) is 6.21. The van der Waals surface area contributed by atoms with Crippen LogP contribution in [-0.4, -0.2) is 32.2 Å². The molecular formula is C17H17N3O4. The largest absolute Gasteiger partial charge is 0.497 e. The van der Waals surface area contributed by atoms with Crippen LogP contribution in [0, 0.1) is 0 Å². The van der Waals surface area contributed by atoms with E-state index in [-0.39, 0.29) is 0 Å². The molecule has 0 heterocycles. The fourth-order valence-corrected chi connectivity index (χ4v) is 1.85. The zero-order chi connectivity index (χ0) is 17.4. The minimum Gasteiger partial charge on any atom is -0.497 e. The molecule has 0 aliphatic heterocycles. The number of para-hydroxylation sites is 1. The van der Waals surface area contributed by atoms with Crippen molar-refractivity contribution in [3.63, 3.8) is 0 Å². The van der Waals surface area contributed by atoms with Crippen LogP contribution in [0.3, 0.4) is 0 Å². The third-order valence-electron chi connectivity index (χ3n) is 3.06. The third kappa shape index (κ3) is 4.57. The third-order valence-corrected chi connectivity index (χ3v) is 3.06. The number of nitrogens with one attached hydrogen (secondary N) is 2. The van der Waals surface area contributed by atoms with E-state index in [4.69, 9.17) is 9.47 Å². The normalized spacial score (nSPS) is 10.2. The number of hydrazone groups is 1. The van der Waals surface area contributed by atoms with E-state index in [0.29, 0.717) is 22.7 Å². The van der Waals surface area contributed by atoms with Crippen molar-refractivity contribution < 1.29 is 19.1 Å². The SMILES string of the molecule is COc1ccc(NC(=O)C(=O)N/N=C\c2ccccc2OC)cc1. The lowest BCUT2D eigenvalue weighted by atomic mass is 10.2. The van der Waals surface area contributed by atoms with Gasteiger partial charge in [0.25, 0.3) is 0 Å². The molecule has 0 aliphatic rings. The lowest BCUT2D eigenvalue weighted by molar-refractivity contribution is -0.136. The van der Waals surface area contributed by atoms with Crippen LogP contribution in [0.4, 0.5) is 5.69 Å². The molecule has 0 unspecified atom stereocenters. The fourth-order valence-electron chi connectivity index (χ4n) is 1.85. The zero-order valence-electron chi connectivity index (χ0n) is 13.3. The van der Waals surface area contributed by atoms with Crippen LogP contribution in [0.25, 0.3) is 0 Å². The van der Waals surface area contributed by atoms with Crippen molar-refractivity contribution in [2.45, 2.75) is 0 Å². The number of carbonyl (C=O) groups is 2. The molecule has 2 rings (SSSR count). The van der Waals surface area contributed by atoms with Crippen LogP contribution in [0.1, 0.15) is 5.56 Å². The minimum atomic E-state index is -0.878. The van der Waals surface area contributed by atoms with E-state index in [0.717, 1.165) is 0 Å². The lowest BCUT2D eigenvalue weighted by Crippen LogP contribution is -2.32. The van der Waals surface area contributed by atoms with Gasteiger partial charge in [0.2, 0.25) is 0 Å². The van der Waals surface area contributed by atoms with Crippen molar-refractivity contribution >= 4 is 23.7 Å². The van der Waals surface area contributed by atoms with Gasteiger partial charge in [0.05, 0.1) is 20.4 Å². The van der Waals surface area contributed by atoms with Gasteiger partial charge in [-0.1, -0.05) is 12.1 Å². The molecule has 0 aromatic heterocycles. The smallest absolute Gasteiger partial charge is 0.329 e. The molecule has 2 aromatic rings. The second kappa shape index (κ2) is 8.33. The maximum atomic E-state index is 11.8. The van der Waals surface area contributed by atoms with Crippen molar-refractivity contribution in [1.82, 2.24) is 5.43 Å². The summed E-state index contributed by atoms with van der Waals surface area (Å²) in [6.07, 6.45) is 1.40. The Bertz CT molecular complexity index is 742. The van der Waals surface area contributed by atoms with E-state index in [1.165, 1.54) is 13.3 Å². The Morgan fingerprint density at radius 3 is 2.33 bits per heavy atom. The molecule has 7 heteroatoms. The second-order valence-corrected chi connectivity index (χ2v) is 4.62. The van der Waals surface area contributed by atoms with Crippen molar-refractivity contribution in [1.29, 1.82) is 0 Å². The highest BCUT2D eigenvalue weighted by Crippen LogP contribution is 2.15. The molecule has 0 bridgehead atoms. The van der Waals surface area contributed by atoms with Gasteiger partial charge in [-0.05, 0) is 36.4 Å². The van der Waals surface area contributed by atoms with Crippen LogP contribution in [0.15, 0.2) is 53.6 Å². The number of ether oxygens (including phenoxy) is 2. The molecule has 24 heavy (non-hydrogen) atoms. The van der Waals surface area contributed by atoms with Gasteiger partial charge in [-0.15, -0.1) is 0 Å². The van der Waals surface area contributed by atoms with E-state index in [1.807, 2.05) is 12.1 Å².